The molecule has 0 aromatic carbocycles. The lowest BCUT2D eigenvalue weighted by atomic mass is 10.2. The van der Waals surface area contributed by atoms with Crippen LogP contribution in [0.25, 0.3) is 0 Å². The van der Waals surface area contributed by atoms with E-state index in [0.29, 0.717) is 18.0 Å². The minimum absolute atomic E-state index is 0.406. The number of hydrogen-bond donors (Lipinski definition) is 1. The zero-order chi connectivity index (χ0) is 13.9. The first-order chi connectivity index (χ1) is 9.75. The van der Waals surface area contributed by atoms with Crippen molar-refractivity contribution < 1.29 is 0 Å². The molecule has 110 valence electrons. The summed E-state index contributed by atoms with van der Waals surface area (Å²) in [4.78, 5) is 10.8. The summed E-state index contributed by atoms with van der Waals surface area (Å²) in [5.41, 5.74) is 6.12. The highest BCUT2D eigenvalue weighted by atomic mass is 32.1. The van der Waals surface area contributed by atoms with Crippen molar-refractivity contribution in [1.29, 1.82) is 0 Å². The molecule has 0 amide bonds. The van der Waals surface area contributed by atoms with Crippen LogP contribution in [-0.4, -0.2) is 48.5 Å². The van der Waals surface area contributed by atoms with E-state index in [9.17, 15) is 0 Å². The fraction of sp³-hybridized carbons (Fsp3) is 0.667. The van der Waals surface area contributed by atoms with Gasteiger partial charge in [0, 0.05) is 18.0 Å². The van der Waals surface area contributed by atoms with Gasteiger partial charge in [-0.3, -0.25) is 9.89 Å². The molecule has 20 heavy (non-hydrogen) atoms. The topological polar surface area (TPSA) is 44.9 Å². The standard InChI is InChI=1S/C15H24N4S/c1-18(12-6-7-12)15(16)17-11-13(14-5-4-10-20-14)19-8-2-3-9-19/h4-5,10,12-13H,2-3,6-9,11H2,1H3,(H2,16,17). The van der Waals surface area contributed by atoms with Crippen LogP contribution in [-0.2, 0) is 0 Å². The van der Waals surface area contributed by atoms with E-state index < -0.39 is 0 Å². The van der Waals surface area contributed by atoms with Gasteiger partial charge in [0.05, 0.1) is 12.6 Å². The quantitative estimate of drug-likeness (QED) is 0.669. The van der Waals surface area contributed by atoms with Crippen LogP contribution in [0.1, 0.15) is 36.6 Å². The van der Waals surface area contributed by atoms with Crippen molar-refractivity contribution in [2.45, 2.75) is 37.8 Å². The van der Waals surface area contributed by atoms with Gasteiger partial charge in [-0.1, -0.05) is 6.07 Å². The molecule has 0 bridgehead atoms. The number of rotatable bonds is 5. The van der Waals surface area contributed by atoms with E-state index in [4.69, 9.17) is 5.73 Å². The molecular formula is C15H24N4S. The molecule has 1 aliphatic carbocycles. The highest BCUT2D eigenvalue weighted by molar-refractivity contribution is 7.10. The molecule has 1 aliphatic heterocycles. The van der Waals surface area contributed by atoms with Crippen molar-refractivity contribution in [2.24, 2.45) is 10.7 Å². The highest BCUT2D eigenvalue weighted by Crippen LogP contribution is 2.29. The van der Waals surface area contributed by atoms with Crippen molar-refractivity contribution in [3.63, 3.8) is 0 Å². The predicted octanol–water partition coefficient (Wildman–Crippen LogP) is 2.29. The van der Waals surface area contributed by atoms with E-state index in [0.717, 1.165) is 6.54 Å². The molecule has 2 heterocycles. The van der Waals surface area contributed by atoms with E-state index in [1.165, 1.54) is 43.6 Å². The lowest BCUT2D eigenvalue weighted by Gasteiger charge is -2.26. The van der Waals surface area contributed by atoms with E-state index in [-0.39, 0.29) is 0 Å². The van der Waals surface area contributed by atoms with Crippen molar-refractivity contribution >= 4 is 17.3 Å². The Labute approximate surface area is 125 Å². The Bertz CT molecular complexity index is 446. The van der Waals surface area contributed by atoms with Crippen LogP contribution in [0, 0.1) is 0 Å². The van der Waals surface area contributed by atoms with Gasteiger partial charge in [-0.15, -0.1) is 11.3 Å². The van der Waals surface area contributed by atoms with Gasteiger partial charge in [0.15, 0.2) is 5.96 Å². The van der Waals surface area contributed by atoms with Gasteiger partial charge in [0.25, 0.3) is 0 Å². The van der Waals surface area contributed by atoms with Crippen molar-refractivity contribution in [2.75, 3.05) is 26.7 Å². The zero-order valence-corrected chi connectivity index (χ0v) is 13.0. The van der Waals surface area contributed by atoms with Crippen LogP contribution >= 0.6 is 11.3 Å². The lowest BCUT2D eigenvalue weighted by Crippen LogP contribution is -2.37. The molecule has 0 spiro atoms. The average molecular weight is 292 g/mol. The second-order valence-corrected chi connectivity index (χ2v) is 6.79. The number of likely N-dealkylation sites (tertiary alicyclic amines) is 1. The van der Waals surface area contributed by atoms with Crippen LogP contribution in [0.4, 0.5) is 0 Å². The first kappa shape index (κ1) is 13.9. The molecule has 5 heteroatoms. The first-order valence-electron chi connectivity index (χ1n) is 7.56. The Morgan fingerprint density at radius 1 is 1.50 bits per heavy atom. The number of thiophene rings is 1. The van der Waals surface area contributed by atoms with Crippen molar-refractivity contribution in [1.82, 2.24) is 9.80 Å². The molecule has 1 aromatic rings. The number of aliphatic imine (C=N–C) groups is 1. The second kappa shape index (κ2) is 6.14. The third kappa shape index (κ3) is 3.15. The number of nitrogens with two attached hydrogens (primary N) is 1. The highest BCUT2D eigenvalue weighted by Gasteiger charge is 2.28. The van der Waals surface area contributed by atoms with Gasteiger partial charge in [-0.25, -0.2) is 0 Å². The largest absolute Gasteiger partial charge is 0.370 e. The van der Waals surface area contributed by atoms with Gasteiger partial charge in [0.2, 0.25) is 0 Å². The second-order valence-electron chi connectivity index (χ2n) is 5.82. The molecule has 2 fully saturated rings. The molecular weight excluding hydrogens is 268 g/mol. The molecule has 0 radical (unpaired) electrons. The van der Waals surface area contributed by atoms with Crippen LogP contribution < -0.4 is 5.73 Å². The van der Waals surface area contributed by atoms with Crippen molar-refractivity contribution in [3.8, 4) is 0 Å². The van der Waals surface area contributed by atoms with Crippen LogP contribution in [0.3, 0.4) is 0 Å². The monoisotopic (exact) mass is 292 g/mol. The molecule has 4 nitrogen and oxygen atoms in total. The van der Waals surface area contributed by atoms with Crippen molar-refractivity contribution in [3.05, 3.63) is 22.4 Å². The van der Waals surface area contributed by atoms with Crippen LogP contribution in [0.2, 0.25) is 0 Å². The Hall–Kier alpha value is -1.07. The summed E-state index contributed by atoms with van der Waals surface area (Å²) in [6.45, 7) is 3.16. The van der Waals surface area contributed by atoms with Gasteiger partial charge in [-0.05, 0) is 50.2 Å². The molecule has 1 atom stereocenters. The molecule has 2 N–H and O–H groups in total. The maximum absolute atomic E-state index is 6.12. The minimum atomic E-state index is 0.406. The van der Waals surface area contributed by atoms with E-state index in [2.05, 4.69) is 39.4 Å². The maximum Gasteiger partial charge on any atom is 0.191 e. The van der Waals surface area contributed by atoms with E-state index in [1.54, 1.807) is 0 Å². The summed E-state index contributed by atoms with van der Waals surface area (Å²) < 4.78 is 0. The lowest BCUT2D eigenvalue weighted by molar-refractivity contribution is 0.254. The normalized spacial score (nSPS) is 22.1. The minimum Gasteiger partial charge on any atom is -0.370 e. The van der Waals surface area contributed by atoms with Crippen LogP contribution in [0.5, 0.6) is 0 Å². The smallest absolute Gasteiger partial charge is 0.191 e. The summed E-state index contributed by atoms with van der Waals surface area (Å²) in [7, 11) is 2.06. The number of hydrogen-bond acceptors (Lipinski definition) is 3. The molecule has 1 saturated carbocycles. The summed E-state index contributed by atoms with van der Waals surface area (Å²) in [6, 6.07) is 5.39. The SMILES string of the molecule is CN(C(N)=NCC(c1cccs1)N1CCCC1)C1CC1. The molecule has 2 aliphatic rings. The summed E-state index contributed by atoms with van der Waals surface area (Å²) >= 11 is 1.83. The molecule has 1 aromatic heterocycles. The molecule has 1 unspecified atom stereocenters. The first-order valence-corrected chi connectivity index (χ1v) is 8.44. The fourth-order valence-electron chi connectivity index (χ4n) is 2.86. The van der Waals surface area contributed by atoms with E-state index in [1.807, 2.05) is 11.3 Å². The Kier molecular flexibility index (Phi) is 4.27. The van der Waals surface area contributed by atoms with Gasteiger partial charge >= 0.3 is 0 Å². The summed E-state index contributed by atoms with van der Waals surface area (Å²) in [5, 5.41) is 2.15. The van der Waals surface area contributed by atoms with Gasteiger partial charge < -0.3 is 10.6 Å². The Morgan fingerprint density at radius 2 is 2.25 bits per heavy atom. The third-order valence-electron chi connectivity index (χ3n) is 4.34. The summed E-state index contributed by atoms with van der Waals surface area (Å²) in [5.74, 6) is 0.702. The number of nitrogens with zero attached hydrogens (tertiary/aromatic N) is 3. The fourth-order valence-corrected chi connectivity index (χ4v) is 3.71. The van der Waals surface area contributed by atoms with Gasteiger partial charge in [-0.2, -0.15) is 0 Å². The summed E-state index contributed by atoms with van der Waals surface area (Å²) in [6.07, 6.45) is 5.13. The maximum atomic E-state index is 6.12. The average Bonchev–Trinajstić information content (AvgIpc) is 2.94. The predicted molar refractivity (Wildman–Crippen MR) is 85.1 cm³/mol. The molecule has 1 saturated heterocycles. The van der Waals surface area contributed by atoms with E-state index >= 15 is 0 Å². The molecule has 3 rings (SSSR count). The zero-order valence-electron chi connectivity index (χ0n) is 12.2. The Morgan fingerprint density at radius 3 is 2.85 bits per heavy atom. The Balaban J connectivity index is 1.68. The van der Waals surface area contributed by atoms with Gasteiger partial charge in [0.1, 0.15) is 0 Å². The number of guanidine groups is 1. The van der Waals surface area contributed by atoms with Crippen LogP contribution in [0.15, 0.2) is 22.5 Å². The third-order valence-corrected chi connectivity index (χ3v) is 5.31.